The molecule has 1 aromatic heterocycles. The van der Waals surface area contributed by atoms with Crippen molar-refractivity contribution in [2.75, 3.05) is 0 Å². The topological polar surface area (TPSA) is 38.1 Å². The summed E-state index contributed by atoms with van der Waals surface area (Å²) in [7, 11) is 0. The molecule has 124 valence electrons. The number of hydrogen-bond acceptors (Lipinski definition) is 3. The van der Waals surface area contributed by atoms with E-state index in [1.165, 1.54) is 5.56 Å². The van der Waals surface area contributed by atoms with Gasteiger partial charge >= 0.3 is 0 Å². The van der Waals surface area contributed by atoms with Gasteiger partial charge < -0.3 is 9.73 Å². The van der Waals surface area contributed by atoms with Crippen LogP contribution in [0.5, 0.6) is 0 Å². The lowest BCUT2D eigenvalue weighted by Crippen LogP contribution is -2.26. The molecule has 0 fully saturated rings. The second-order valence-corrected chi connectivity index (χ2v) is 6.34. The van der Waals surface area contributed by atoms with Crippen molar-refractivity contribution in [2.24, 2.45) is 0 Å². The van der Waals surface area contributed by atoms with E-state index < -0.39 is 0 Å². The Kier molecular flexibility index (Phi) is 5.68. The quantitative estimate of drug-likeness (QED) is 0.649. The van der Waals surface area contributed by atoms with Crippen LogP contribution in [0.2, 0.25) is 5.02 Å². The minimum Gasteiger partial charge on any atom is -0.444 e. The van der Waals surface area contributed by atoms with Crippen molar-refractivity contribution in [3.63, 3.8) is 0 Å². The van der Waals surface area contributed by atoms with Crippen molar-refractivity contribution in [1.29, 1.82) is 0 Å². The van der Waals surface area contributed by atoms with E-state index in [2.05, 4.69) is 41.5 Å². The van der Waals surface area contributed by atoms with Crippen LogP contribution in [0, 0.1) is 0 Å². The minimum atomic E-state index is 0.408. The summed E-state index contributed by atoms with van der Waals surface area (Å²) < 4.78 is 5.56. The lowest BCUT2D eigenvalue weighted by Gasteiger charge is -2.12. The first-order valence-corrected chi connectivity index (χ1v) is 8.57. The van der Waals surface area contributed by atoms with E-state index in [0.29, 0.717) is 23.5 Å². The van der Waals surface area contributed by atoms with Crippen LogP contribution in [0.15, 0.2) is 65.3 Å². The maximum atomic E-state index is 6.18. The van der Waals surface area contributed by atoms with Crippen molar-refractivity contribution in [3.05, 3.63) is 77.1 Å². The maximum absolute atomic E-state index is 6.18. The first-order chi connectivity index (χ1) is 11.7. The summed E-state index contributed by atoms with van der Waals surface area (Å²) in [5.74, 6) is 0.564. The van der Waals surface area contributed by atoms with Crippen molar-refractivity contribution >= 4 is 11.6 Å². The number of hydrogen-bond donors (Lipinski definition) is 1. The highest BCUT2D eigenvalue weighted by Crippen LogP contribution is 2.26. The largest absolute Gasteiger partial charge is 0.444 e. The first-order valence-electron chi connectivity index (χ1n) is 8.19. The summed E-state index contributed by atoms with van der Waals surface area (Å²) in [4.78, 5) is 4.52. The fraction of sp³-hybridized carbons (Fsp3) is 0.250. The molecule has 1 atom stereocenters. The molecule has 1 N–H and O–H groups in total. The highest BCUT2D eigenvalue weighted by atomic mass is 35.5. The van der Waals surface area contributed by atoms with Crippen molar-refractivity contribution in [1.82, 2.24) is 10.3 Å². The molecule has 0 aliphatic rings. The zero-order chi connectivity index (χ0) is 16.8. The van der Waals surface area contributed by atoms with Crippen LogP contribution in [0.25, 0.3) is 11.5 Å². The molecular weight excluding hydrogens is 320 g/mol. The Morgan fingerprint density at radius 1 is 1.08 bits per heavy atom. The molecule has 0 saturated heterocycles. The Balaban J connectivity index is 1.51. The summed E-state index contributed by atoms with van der Waals surface area (Å²) in [6.45, 7) is 2.88. The molecule has 1 unspecified atom stereocenters. The normalized spacial score (nSPS) is 12.2. The molecule has 2 aromatic carbocycles. The zero-order valence-electron chi connectivity index (χ0n) is 13.7. The van der Waals surface area contributed by atoms with Crippen LogP contribution in [-0.4, -0.2) is 11.0 Å². The van der Waals surface area contributed by atoms with E-state index in [-0.39, 0.29) is 0 Å². The van der Waals surface area contributed by atoms with Crippen molar-refractivity contribution in [3.8, 4) is 11.5 Å². The average molecular weight is 341 g/mol. The molecule has 4 heteroatoms. The standard InChI is InChI=1S/C20H21ClN2O/c1-15(11-12-16-7-3-2-4-8-16)22-13-17-14-24-20(23-17)18-9-5-6-10-19(18)21/h2-10,14-15,22H,11-13H2,1H3. The van der Waals surface area contributed by atoms with Gasteiger partial charge in [-0.2, -0.15) is 0 Å². The van der Waals surface area contributed by atoms with Crippen molar-refractivity contribution in [2.45, 2.75) is 32.4 Å². The smallest absolute Gasteiger partial charge is 0.227 e. The molecule has 3 rings (SSSR count). The summed E-state index contributed by atoms with van der Waals surface area (Å²) >= 11 is 6.18. The monoisotopic (exact) mass is 340 g/mol. The van der Waals surface area contributed by atoms with E-state index in [4.69, 9.17) is 16.0 Å². The maximum Gasteiger partial charge on any atom is 0.227 e. The summed E-state index contributed by atoms with van der Waals surface area (Å²) in [6, 6.07) is 18.5. The fourth-order valence-corrected chi connectivity index (χ4v) is 2.77. The molecule has 0 amide bonds. The highest BCUT2D eigenvalue weighted by molar-refractivity contribution is 6.33. The molecule has 0 bridgehead atoms. The highest BCUT2D eigenvalue weighted by Gasteiger charge is 2.10. The molecule has 0 aliphatic carbocycles. The van der Waals surface area contributed by atoms with Gasteiger partial charge in [0.25, 0.3) is 0 Å². The number of aromatic nitrogens is 1. The average Bonchev–Trinajstić information content (AvgIpc) is 3.08. The molecule has 3 aromatic rings. The number of nitrogens with zero attached hydrogens (tertiary/aromatic N) is 1. The number of nitrogens with one attached hydrogen (secondary N) is 1. The molecule has 0 radical (unpaired) electrons. The summed E-state index contributed by atoms with van der Waals surface area (Å²) in [5.41, 5.74) is 3.08. The second-order valence-electron chi connectivity index (χ2n) is 5.93. The number of benzene rings is 2. The number of oxazole rings is 1. The number of halogens is 1. The van der Waals surface area contributed by atoms with E-state index in [1.54, 1.807) is 6.26 Å². The van der Waals surface area contributed by atoms with Gasteiger partial charge in [0, 0.05) is 12.6 Å². The molecular formula is C20H21ClN2O. The molecule has 0 aliphatic heterocycles. The van der Waals surface area contributed by atoms with Crippen LogP contribution in [0.1, 0.15) is 24.6 Å². The SMILES string of the molecule is CC(CCc1ccccc1)NCc1coc(-c2ccccc2Cl)n1. The van der Waals surface area contributed by atoms with E-state index >= 15 is 0 Å². The predicted octanol–water partition coefficient (Wildman–Crippen LogP) is 5.11. The van der Waals surface area contributed by atoms with Crippen LogP contribution < -0.4 is 5.32 Å². The fourth-order valence-electron chi connectivity index (χ4n) is 2.56. The predicted molar refractivity (Wildman–Crippen MR) is 98.0 cm³/mol. The lowest BCUT2D eigenvalue weighted by atomic mass is 10.1. The lowest BCUT2D eigenvalue weighted by molar-refractivity contribution is 0.507. The third kappa shape index (κ3) is 4.47. The van der Waals surface area contributed by atoms with Gasteiger partial charge in [0.2, 0.25) is 5.89 Å². The van der Waals surface area contributed by atoms with Crippen LogP contribution in [0.3, 0.4) is 0 Å². The van der Waals surface area contributed by atoms with Crippen molar-refractivity contribution < 1.29 is 4.42 Å². The second kappa shape index (κ2) is 8.13. The number of aryl methyl sites for hydroxylation is 1. The third-order valence-electron chi connectivity index (χ3n) is 4.00. The molecule has 1 heterocycles. The van der Waals surface area contributed by atoms with Gasteiger partial charge in [-0.3, -0.25) is 0 Å². The van der Waals surface area contributed by atoms with Crippen LogP contribution >= 0.6 is 11.6 Å². The van der Waals surface area contributed by atoms with Gasteiger partial charge in [0.05, 0.1) is 16.3 Å². The Morgan fingerprint density at radius 2 is 1.83 bits per heavy atom. The van der Waals surface area contributed by atoms with Gasteiger partial charge in [-0.15, -0.1) is 0 Å². The van der Waals surface area contributed by atoms with E-state index in [9.17, 15) is 0 Å². The van der Waals surface area contributed by atoms with E-state index in [1.807, 2.05) is 30.3 Å². The molecule has 24 heavy (non-hydrogen) atoms. The third-order valence-corrected chi connectivity index (χ3v) is 4.33. The molecule has 0 spiro atoms. The van der Waals surface area contributed by atoms with Gasteiger partial charge in [0.1, 0.15) is 6.26 Å². The van der Waals surface area contributed by atoms with Gasteiger partial charge in [-0.1, -0.05) is 54.1 Å². The summed E-state index contributed by atoms with van der Waals surface area (Å²) in [6.07, 6.45) is 3.84. The molecule has 0 saturated carbocycles. The number of rotatable bonds is 7. The Labute approximate surface area is 147 Å². The Hall–Kier alpha value is -2.10. The first kappa shape index (κ1) is 16.7. The summed E-state index contributed by atoms with van der Waals surface area (Å²) in [5, 5.41) is 4.14. The van der Waals surface area contributed by atoms with E-state index in [0.717, 1.165) is 24.1 Å². The van der Waals surface area contributed by atoms with Crippen LogP contribution in [-0.2, 0) is 13.0 Å². The minimum absolute atomic E-state index is 0.408. The Bertz CT molecular complexity index is 770. The van der Waals surface area contributed by atoms with Crippen LogP contribution in [0.4, 0.5) is 0 Å². The zero-order valence-corrected chi connectivity index (χ0v) is 14.5. The Morgan fingerprint density at radius 3 is 2.62 bits per heavy atom. The van der Waals surface area contributed by atoms with Gasteiger partial charge in [0.15, 0.2) is 0 Å². The van der Waals surface area contributed by atoms with Gasteiger partial charge in [-0.25, -0.2) is 4.98 Å². The molecule has 3 nitrogen and oxygen atoms in total. The van der Waals surface area contributed by atoms with Gasteiger partial charge in [-0.05, 0) is 37.5 Å².